The molecular weight excluding hydrogens is 617 g/mol. The van der Waals surface area contributed by atoms with Gasteiger partial charge in [-0.15, -0.1) is 6.42 Å². The molecule has 10 heteroatoms. The zero-order chi connectivity index (χ0) is 31.9. The number of halogens is 2. The summed E-state index contributed by atoms with van der Waals surface area (Å²) in [5.74, 6) is 3.73. The maximum absolute atomic E-state index is 17.1. The standard InChI is InChI=1S/C37H41ClFN5O3/c1-2-21-4-3-5-22-10-27(45)11-28(31(21)22)32-30(38)12-29-34(33(32)39)41-36(42-35(29)44-15-25-6-7-26(16-44)40-25)47-20-37(8-9-37)19-43-13-23-17-46-18-24(23)14-43/h1,3-5,12,23-28,40,45H,6-11,13-20H2/t23?,24?,25?,26?,27-,28?/m1/s1. The van der Waals surface area contributed by atoms with Crippen molar-refractivity contribution in [2.75, 3.05) is 57.4 Å². The fraction of sp³-hybridized carbons (Fsp3) is 0.568. The first-order valence-corrected chi connectivity index (χ1v) is 17.6. The molecule has 5 heterocycles. The van der Waals surface area contributed by atoms with Gasteiger partial charge >= 0.3 is 6.01 Å². The monoisotopic (exact) mass is 657 g/mol. The number of nitrogens with one attached hydrogen (secondary N) is 1. The van der Waals surface area contributed by atoms with Crippen molar-refractivity contribution in [3.63, 3.8) is 0 Å². The molecule has 1 aromatic heterocycles. The van der Waals surface area contributed by atoms with Gasteiger partial charge in [-0.05, 0) is 61.8 Å². The van der Waals surface area contributed by atoms with Crippen molar-refractivity contribution in [2.45, 2.75) is 62.6 Å². The van der Waals surface area contributed by atoms with Gasteiger partial charge in [0.25, 0.3) is 0 Å². The van der Waals surface area contributed by atoms with Crippen LogP contribution in [0.4, 0.5) is 10.2 Å². The van der Waals surface area contributed by atoms with E-state index >= 15 is 4.39 Å². The maximum atomic E-state index is 17.1. The summed E-state index contributed by atoms with van der Waals surface area (Å²) >= 11 is 7.01. The number of likely N-dealkylation sites (tertiary alicyclic amines) is 1. The number of nitrogens with zero attached hydrogens (tertiary/aromatic N) is 4. The van der Waals surface area contributed by atoms with Crippen LogP contribution >= 0.6 is 11.6 Å². The Balaban J connectivity index is 1.09. The molecule has 0 amide bonds. The topological polar surface area (TPSA) is 83.0 Å². The largest absolute Gasteiger partial charge is 0.463 e. The van der Waals surface area contributed by atoms with Gasteiger partial charge in [0.05, 0.1) is 25.9 Å². The van der Waals surface area contributed by atoms with Gasteiger partial charge in [0, 0.05) is 89.5 Å². The van der Waals surface area contributed by atoms with Crippen molar-refractivity contribution in [2.24, 2.45) is 17.3 Å². The molecule has 47 heavy (non-hydrogen) atoms. The SMILES string of the molecule is C#Cc1cccc2c1C(c1c(Cl)cc3c(N4CC5CCC(C4)N5)nc(OCC4(CN5CC6COCC6C5)CC4)nc3c1F)C[C@H](O)C2. The molecule has 1 saturated carbocycles. The van der Waals surface area contributed by atoms with Crippen molar-refractivity contribution in [3.8, 4) is 18.4 Å². The lowest BCUT2D eigenvalue weighted by Gasteiger charge is -2.35. The summed E-state index contributed by atoms with van der Waals surface area (Å²) in [5, 5.41) is 15.4. The molecule has 0 radical (unpaired) electrons. The quantitative estimate of drug-likeness (QED) is 0.359. The fourth-order valence-electron chi connectivity index (χ4n) is 9.22. The highest BCUT2D eigenvalue weighted by Crippen LogP contribution is 2.49. The number of aromatic nitrogens is 2. The minimum Gasteiger partial charge on any atom is -0.463 e. The molecule has 9 rings (SSSR count). The Labute approximate surface area is 280 Å². The van der Waals surface area contributed by atoms with Gasteiger partial charge in [-0.25, -0.2) is 4.39 Å². The molecular formula is C37H41ClFN5O3. The highest BCUT2D eigenvalue weighted by Gasteiger charge is 2.48. The Hall–Kier alpha value is -3.00. The lowest BCUT2D eigenvalue weighted by Crippen LogP contribution is -2.51. The summed E-state index contributed by atoms with van der Waals surface area (Å²) in [4.78, 5) is 14.6. The summed E-state index contributed by atoms with van der Waals surface area (Å²) in [6, 6.07) is 8.47. The van der Waals surface area contributed by atoms with Gasteiger partial charge in [0.1, 0.15) is 11.3 Å². The van der Waals surface area contributed by atoms with E-state index in [1.807, 2.05) is 24.3 Å². The number of ether oxygens (including phenoxy) is 2. The first kappa shape index (κ1) is 30.1. The van der Waals surface area contributed by atoms with E-state index in [4.69, 9.17) is 37.5 Å². The van der Waals surface area contributed by atoms with E-state index in [9.17, 15) is 5.11 Å². The van der Waals surface area contributed by atoms with Gasteiger partial charge < -0.3 is 29.7 Å². The van der Waals surface area contributed by atoms with Crippen LogP contribution in [-0.4, -0.2) is 90.7 Å². The molecule has 3 aromatic rings. The van der Waals surface area contributed by atoms with Gasteiger partial charge in [-0.1, -0.05) is 29.7 Å². The highest BCUT2D eigenvalue weighted by atomic mass is 35.5. The normalized spacial score (nSPS) is 30.7. The van der Waals surface area contributed by atoms with Crippen LogP contribution in [0.2, 0.25) is 5.02 Å². The number of anilines is 1. The summed E-state index contributed by atoms with van der Waals surface area (Å²) in [7, 11) is 0. The molecule has 6 atom stereocenters. The van der Waals surface area contributed by atoms with Crippen LogP contribution < -0.4 is 15.0 Å². The van der Waals surface area contributed by atoms with E-state index in [-0.39, 0.29) is 16.9 Å². The van der Waals surface area contributed by atoms with Crippen molar-refractivity contribution in [1.29, 1.82) is 0 Å². The van der Waals surface area contributed by atoms with Crippen LogP contribution in [0.15, 0.2) is 24.3 Å². The number of fused-ring (bicyclic) bond motifs is 5. The minimum atomic E-state index is -0.639. The second-order valence-corrected chi connectivity index (χ2v) is 15.5. The zero-order valence-corrected chi connectivity index (χ0v) is 27.3. The van der Waals surface area contributed by atoms with E-state index in [1.165, 1.54) is 0 Å². The van der Waals surface area contributed by atoms with Crippen LogP contribution in [0.3, 0.4) is 0 Å². The second kappa shape index (κ2) is 11.6. The molecule has 8 nitrogen and oxygen atoms in total. The van der Waals surface area contributed by atoms with E-state index < -0.39 is 17.8 Å². The molecule has 2 N–H and O–H groups in total. The number of rotatable bonds is 7. The van der Waals surface area contributed by atoms with E-state index in [0.717, 1.165) is 82.7 Å². The van der Waals surface area contributed by atoms with Gasteiger partial charge in [0.2, 0.25) is 0 Å². The third-order valence-electron chi connectivity index (χ3n) is 11.7. The summed E-state index contributed by atoms with van der Waals surface area (Å²) < 4.78 is 29.3. The molecule has 5 unspecified atom stereocenters. The molecule has 2 aromatic carbocycles. The Morgan fingerprint density at radius 2 is 1.87 bits per heavy atom. The van der Waals surface area contributed by atoms with Crippen LogP contribution in [0.5, 0.6) is 6.01 Å². The summed E-state index contributed by atoms with van der Waals surface area (Å²) in [5.41, 5.74) is 3.07. The third kappa shape index (κ3) is 5.37. The smallest absolute Gasteiger partial charge is 0.319 e. The molecule has 2 bridgehead atoms. The Morgan fingerprint density at radius 3 is 2.60 bits per heavy atom. The van der Waals surface area contributed by atoms with Crippen LogP contribution in [0, 0.1) is 35.4 Å². The van der Waals surface area contributed by atoms with E-state index in [2.05, 4.69) is 21.0 Å². The summed E-state index contributed by atoms with van der Waals surface area (Å²) in [6.07, 6.45) is 10.5. The fourth-order valence-corrected chi connectivity index (χ4v) is 9.54. The number of benzene rings is 2. The third-order valence-corrected chi connectivity index (χ3v) is 12.1. The number of piperazine rings is 1. The predicted octanol–water partition coefficient (Wildman–Crippen LogP) is 4.52. The Bertz CT molecular complexity index is 1750. The first-order valence-electron chi connectivity index (χ1n) is 17.3. The predicted molar refractivity (Wildman–Crippen MR) is 179 cm³/mol. The number of terminal acetylenes is 1. The number of aliphatic hydroxyl groups is 1. The molecule has 6 aliphatic rings. The number of hydrogen-bond donors (Lipinski definition) is 2. The van der Waals surface area contributed by atoms with Crippen molar-refractivity contribution in [1.82, 2.24) is 20.2 Å². The molecule has 0 spiro atoms. The average molecular weight is 658 g/mol. The molecule has 4 aliphatic heterocycles. The van der Waals surface area contributed by atoms with E-state index in [0.29, 0.717) is 70.7 Å². The van der Waals surface area contributed by atoms with Gasteiger partial charge in [-0.3, -0.25) is 0 Å². The maximum Gasteiger partial charge on any atom is 0.319 e. The van der Waals surface area contributed by atoms with Crippen molar-refractivity contribution in [3.05, 3.63) is 57.4 Å². The highest BCUT2D eigenvalue weighted by molar-refractivity contribution is 6.32. The lowest BCUT2D eigenvalue weighted by molar-refractivity contribution is 0.131. The number of hydrogen-bond acceptors (Lipinski definition) is 8. The minimum absolute atomic E-state index is 0.0728. The molecule has 5 fully saturated rings. The molecule has 4 saturated heterocycles. The zero-order valence-electron chi connectivity index (χ0n) is 26.6. The second-order valence-electron chi connectivity index (χ2n) is 15.1. The molecule has 2 aliphatic carbocycles. The van der Waals surface area contributed by atoms with Crippen LogP contribution in [0.25, 0.3) is 10.9 Å². The summed E-state index contributed by atoms with van der Waals surface area (Å²) in [6.45, 7) is 6.98. The lowest BCUT2D eigenvalue weighted by atomic mass is 9.75. The average Bonchev–Trinajstić information content (AvgIpc) is 3.30. The Kier molecular flexibility index (Phi) is 7.40. The number of aliphatic hydroxyl groups excluding tert-OH is 1. The van der Waals surface area contributed by atoms with Crippen LogP contribution in [0.1, 0.15) is 60.3 Å². The van der Waals surface area contributed by atoms with Crippen molar-refractivity contribution >= 4 is 28.3 Å². The van der Waals surface area contributed by atoms with E-state index in [1.54, 1.807) is 0 Å². The van der Waals surface area contributed by atoms with Crippen molar-refractivity contribution < 1.29 is 19.0 Å². The Morgan fingerprint density at radius 1 is 1.11 bits per heavy atom. The van der Waals surface area contributed by atoms with Crippen LogP contribution in [-0.2, 0) is 11.2 Å². The van der Waals surface area contributed by atoms with Gasteiger partial charge in [0.15, 0.2) is 5.82 Å². The first-order chi connectivity index (χ1) is 22.9. The van der Waals surface area contributed by atoms with Gasteiger partial charge in [-0.2, -0.15) is 9.97 Å². The molecule has 246 valence electrons.